The number of benzene rings is 1. The summed E-state index contributed by atoms with van der Waals surface area (Å²) in [5.74, 6) is 1.28. The first-order valence-corrected chi connectivity index (χ1v) is 8.27. The quantitative estimate of drug-likeness (QED) is 0.893. The third-order valence-corrected chi connectivity index (χ3v) is 6.31. The van der Waals surface area contributed by atoms with Crippen molar-refractivity contribution in [3.05, 3.63) is 23.2 Å². The number of nitrogens with one attached hydrogen (secondary N) is 1. The molecule has 2 nitrogen and oxygen atoms in total. The van der Waals surface area contributed by atoms with E-state index in [1.54, 1.807) is 11.3 Å². The summed E-state index contributed by atoms with van der Waals surface area (Å²) in [7, 11) is 0. The van der Waals surface area contributed by atoms with E-state index in [1.807, 2.05) is 18.2 Å². The van der Waals surface area contributed by atoms with Gasteiger partial charge in [0.2, 0.25) is 0 Å². The topological polar surface area (TPSA) is 24.9 Å². The van der Waals surface area contributed by atoms with E-state index < -0.39 is 0 Å². The molecule has 0 aliphatic carbocycles. The van der Waals surface area contributed by atoms with Gasteiger partial charge in [-0.1, -0.05) is 29.0 Å². The number of thioether (sulfide) groups is 1. The molecule has 1 aliphatic rings. The number of fused-ring (bicyclic) bond motifs is 1. The van der Waals surface area contributed by atoms with Gasteiger partial charge in [-0.05, 0) is 37.7 Å². The van der Waals surface area contributed by atoms with E-state index in [0.29, 0.717) is 4.75 Å². The van der Waals surface area contributed by atoms with Crippen LogP contribution in [-0.2, 0) is 0 Å². The van der Waals surface area contributed by atoms with Crippen LogP contribution < -0.4 is 5.32 Å². The highest BCUT2D eigenvalue weighted by Crippen LogP contribution is 2.38. The van der Waals surface area contributed by atoms with Gasteiger partial charge in [0.1, 0.15) is 0 Å². The Kier molecular flexibility index (Phi) is 3.43. The van der Waals surface area contributed by atoms with Crippen LogP contribution in [-0.4, -0.2) is 22.0 Å². The first-order valence-electron chi connectivity index (χ1n) is 6.09. The van der Waals surface area contributed by atoms with Gasteiger partial charge in [-0.2, -0.15) is 11.8 Å². The lowest BCUT2D eigenvalue weighted by molar-refractivity contribution is 0.634. The molecule has 1 aliphatic heterocycles. The van der Waals surface area contributed by atoms with Gasteiger partial charge < -0.3 is 5.32 Å². The summed E-state index contributed by atoms with van der Waals surface area (Å²) >= 11 is 9.87. The van der Waals surface area contributed by atoms with Crippen molar-refractivity contribution < 1.29 is 0 Å². The first kappa shape index (κ1) is 12.6. The number of halogens is 1. The molecule has 1 atom stereocenters. The highest BCUT2D eigenvalue weighted by Gasteiger charge is 2.29. The predicted molar refractivity (Wildman–Crippen MR) is 83.2 cm³/mol. The molecule has 96 valence electrons. The number of thiazole rings is 1. The molecule has 18 heavy (non-hydrogen) atoms. The molecule has 1 aromatic heterocycles. The lowest BCUT2D eigenvalue weighted by Crippen LogP contribution is -2.26. The van der Waals surface area contributed by atoms with Crippen molar-refractivity contribution in [2.75, 3.05) is 17.6 Å². The van der Waals surface area contributed by atoms with E-state index in [4.69, 9.17) is 11.6 Å². The van der Waals surface area contributed by atoms with Crippen molar-refractivity contribution in [2.24, 2.45) is 0 Å². The summed E-state index contributed by atoms with van der Waals surface area (Å²) in [5.41, 5.74) is 0.985. The second-order valence-electron chi connectivity index (χ2n) is 4.86. The van der Waals surface area contributed by atoms with Gasteiger partial charge in [0.05, 0.1) is 15.2 Å². The van der Waals surface area contributed by atoms with Gasteiger partial charge in [-0.25, -0.2) is 4.98 Å². The summed E-state index contributed by atoms with van der Waals surface area (Å²) in [6.07, 6.45) is 2.62. The van der Waals surface area contributed by atoms with E-state index in [1.165, 1.54) is 18.6 Å². The standard InChI is InChI=1S/C13H15ClN2S2/c1-13(6-3-7-17-13)8-15-12-16-10-5-2-4-9(14)11(10)18-12/h2,4-5H,3,6-8H2,1H3,(H,15,16). The van der Waals surface area contributed by atoms with Gasteiger partial charge in [-0.3, -0.25) is 0 Å². The van der Waals surface area contributed by atoms with Crippen molar-refractivity contribution in [2.45, 2.75) is 24.5 Å². The monoisotopic (exact) mass is 298 g/mol. The summed E-state index contributed by atoms with van der Waals surface area (Å²) in [5, 5.41) is 5.24. The molecular weight excluding hydrogens is 284 g/mol. The van der Waals surface area contributed by atoms with E-state index in [-0.39, 0.29) is 0 Å². The second-order valence-corrected chi connectivity index (χ2v) is 7.95. The molecule has 0 amide bonds. The van der Waals surface area contributed by atoms with Gasteiger partial charge >= 0.3 is 0 Å². The van der Waals surface area contributed by atoms with Crippen molar-refractivity contribution in [3.63, 3.8) is 0 Å². The number of hydrogen-bond acceptors (Lipinski definition) is 4. The summed E-state index contributed by atoms with van der Waals surface area (Å²) < 4.78 is 1.44. The van der Waals surface area contributed by atoms with Crippen molar-refractivity contribution in [1.82, 2.24) is 4.98 Å². The third kappa shape index (κ3) is 2.46. The average molecular weight is 299 g/mol. The molecule has 3 rings (SSSR count). The van der Waals surface area contributed by atoms with Crippen LogP contribution in [0.5, 0.6) is 0 Å². The molecule has 1 N–H and O–H groups in total. The Balaban J connectivity index is 1.77. The van der Waals surface area contributed by atoms with E-state index in [0.717, 1.165) is 26.9 Å². The number of rotatable bonds is 3. The Hall–Kier alpha value is -0.450. The first-order chi connectivity index (χ1) is 8.66. The molecule has 1 aromatic carbocycles. The number of nitrogens with zero attached hydrogens (tertiary/aromatic N) is 1. The van der Waals surface area contributed by atoms with Crippen molar-refractivity contribution >= 4 is 50.0 Å². The zero-order valence-corrected chi connectivity index (χ0v) is 12.6. The van der Waals surface area contributed by atoms with Gasteiger partial charge in [0.25, 0.3) is 0 Å². The normalized spacial score (nSPS) is 23.7. The molecule has 0 radical (unpaired) electrons. The number of hydrogen-bond donors (Lipinski definition) is 1. The van der Waals surface area contributed by atoms with Crippen LogP contribution in [0.15, 0.2) is 18.2 Å². The smallest absolute Gasteiger partial charge is 0.183 e. The maximum Gasteiger partial charge on any atom is 0.183 e. The SMILES string of the molecule is CC1(CNc2nc3cccc(Cl)c3s2)CCCS1. The van der Waals surface area contributed by atoms with E-state index in [9.17, 15) is 0 Å². The fraction of sp³-hybridized carbons (Fsp3) is 0.462. The maximum absolute atomic E-state index is 6.16. The molecule has 1 unspecified atom stereocenters. The number of anilines is 1. The van der Waals surface area contributed by atoms with Crippen LogP contribution in [0.1, 0.15) is 19.8 Å². The van der Waals surface area contributed by atoms with Crippen LogP contribution in [0.4, 0.5) is 5.13 Å². The minimum atomic E-state index is 0.363. The fourth-order valence-electron chi connectivity index (χ4n) is 2.23. The van der Waals surface area contributed by atoms with Crippen LogP contribution in [0, 0.1) is 0 Å². The summed E-state index contributed by atoms with van der Waals surface area (Å²) in [4.78, 5) is 4.58. The Labute approximate surface area is 120 Å². The van der Waals surface area contributed by atoms with Crippen molar-refractivity contribution in [3.8, 4) is 0 Å². The largest absolute Gasteiger partial charge is 0.360 e. The Bertz CT molecular complexity index is 561. The predicted octanol–water partition coefficient (Wildman–Crippen LogP) is 4.65. The summed E-state index contributed by atoms with van der Waals surface area (Å²) in [6.45, 7) is 3.31. The van der Waals surface area contributed by atoms with Crippen LogP contribution in [0.25, 0.3) is 10.2 Å². The molecule has 0 saturated carbocycles. The summed E-state index contributed by atoms with van der Waals surface area (Å²) in [6, 6.07) is 5.87. The minimum Gasteiger partial charge on any atom is -0.360 e. The lowest BCUT2D eigenvalue weighted by Gasteiger charge is -2.22. The zero-order valence-electron chi connectivity index (χ0n) is 10.2. The van der Waals surface area contributed by atoms with Crippen molar-refractivity contribution in [1.29, 1.82) is 0 Å². The molecule has 2 aromatic rings. The molecule has 2 heterocycles. The maximum atomic E-state index is 6.16. The van der Waals surface area contributed by atoms with E-state index >= 15 is 0 Å². The van der Waals surface area contributed by atoms with Crippen LogP contribution >= 0.6 is 34.7 Å². The van der Waals surface area contributed by atoms with Crippen LogP contribution in [0.3, 0.4) is 0 Å². The fourth-order valence-corrected chi connectivity index (χ4v) is 4.63. The Morgan fingerprint density at radius 1 is 1.50 bits per heavy atom. The molecule has 5 heteroatoms. The van der Waals surface area contributed by atoms with Gasteiger partial charge in [0.15, 0.2) is 5.13 Å². The number of aromatic nitrogens is 1. The Morgan fingerprint density at radius 3 is 3.11 bits per heavy atom. The second kappa shape index (κ2) is 4.91. The Morgan fingerprint density at radius 2 is 2.39 bits per heavy atom. The molecule has 1 saturated heterocycles. The third-order valence-electron chi connectivity index (χ3n) is 3.28. The molecule has 1 fully saturated rings. The highest BCUT2D eigenvalue weighted by molar-refractivity contribution is 8.00. The molecular formula is C13H15ClN2S2. The van der Waals surface area contributed by atoms with Gasteiger partial charge in [0, 0.05) is 11.3 Å². The zero-order chi connectivity index (χ0) is 12.6. The molecule has 0 spiro atoms. The van der Waals surface area contributed by atoms with Crippen LogP contribution in [0.2, 0.25) is 5.02 Å². The highest BCUT2D eigenvalue weighted by atomic mass is 35.5. The van der Waals surface area contributed by atoms with E-state index in [2.05, 4.69) is 29.0 Å². The van der Waals surface area contributed by atoms with Gasteiger partial charge in [-0.15, -0.1) is 0 Å². The molecule has 0 bridgehead atoms. The minimum absolute atomic E-state index is 0.363. The average Bonchev–Trinajstić information content (AvgIpc) is 2.94. The lowest BCUT2D eigenvalue weighted by atomic mass is 10.1.